The molecule has 0 radical (unpaired) electrons. The molecule has 0 amide bonds. The van der Waals surface area contributed by atoms with Crippen LogP contribution < -0.4 is 5.46 Å². The van der Waals surface area contributed by atoms with Gasteiger partial charge in [-0.05, 0) is 12.1 Å². The molecule has 6 heteroatoms. The fourth-order valence-corrected chi connectivity index (χ4v) is 1.36. The lowest BCUT2D eigenvalue weighted by atomic mass is 9.80. The minimum Gasteiger partial charge on any atom is -0.506 e. The first kappa shape index (κ1) is 9.67. The molecule has 0 saturated heterocycles. The molecular formula is C6H5BCl2O3. The minimum atomic E-state index is -1.78. The number of hydrogen-bond acceptors (Lipinski definition) is 3. The number of hydrogen-bond donors (Lipinski definition) is 3. The van der Waals surface area contributed by atoms with Crippen LogP contribution in [0.15, 0.2) is 12.1 Å². The zero-order valence-electron chi connectivity index (χ0n) is 5.83. The van der Waals surface area contributed by atoms with Crippen molar-refractivity contribution >= 4 is 35.8 Å². The highest BCUT2D eigenvalue weighted by molar-refractivity contribution is 6.66. The van der Waals surface area contributed by atoms with Crippen molar-refractivity contribution in [2.24, 2.45) is 0 Å². The third kappa shape index (κ3) is 1.67. The standard InChI is InChI=1S/C6H5BCl2O3/c8-3-1-2-4(10)6(9)5(3)7(11)12/h1-2,10-12H. The third-order valence-electron chi connectivity index (χ3n) is 1.36. The Bertz CT molecular complexity index is 303. The lowest BCUT2D eigenvalue weighted by Gasteiger charge is -2.06. The maximum absolute atomic E-state index is 9.06. The summed E-state index contributed by atoms with van der Waals surface area (Å²) in [4.78, 5) is 0. The first-order valence-electron chi connectivity index (χ1n) is 3.07. The van der Waals surface area contributed by atoms with Crippen LogP contribution >= 0.6 is 23.2 Å². The molecule has 1 aromatic carbocycles. The second-order valence-corrected chi connectivity index (χ2v) is 2.95. The van der Waals surface area contributed by atoms with E-state index in [4.69, 9.17) is 38.4 Å². The molecule has 0 saturated carbocycles. The van der Waals surface area contributed by atoms with Crippen molar-refractivity contribution in [3.05, 3.63) is 22.2 Å². The van der Waals surface area contributed by atoms with Crippen LogP contribution in [0.4, 0.5) is 0 Å². The fourth-order valence-electron chi connectivity index (χ4n) is 0.795. The number of halogens is 2. The zero-order valence-corrected chi connectivity index (χ0v) is 7.34. The van der Waals surface area contributed by atoms with E-state index < -0.39 is 7.12 Å². The number of phenolic OH excluding ortho intramolecular Hbond substituents is 1. The number of aromatic hydroxyl groups is 1. The topological polar surface area (TPSA) is 60.7 Å². The summed E-state index contributed by atoms with van der Waals surface area (Å²) in [7, 11) is -1.78. The summed E-state index contributed by atoms with van der Waals surface area (Å²) in [6.07, 6.45) is 0. The van der Waals surface area contributed by atoms with Crippen LogP contribution in [0.2, 0.25) is 10.0 Å². The molecule has 0 bridgehead atoms. The molecule has 0 heterocycles. The van der Waals surface area contributed by atoms with E-state index in [1.165, 1.54) is 12.1 Å². The van der Waals surface area contributed by atoms with Crippen LogP contribution in [-0.4, -0.2) is 22.3 Å². The number of benzene rings is 1. The first-order valence-corrected chi connectivity index (χ1v) is 3.82. The number of phenols is 1. The Balaban J connectivity index is 3.33. The molecule has 0 atom stereocenters. The molecule has 3 N–H and O–H groups in total. The molecule has 0 spiro atoms. The SMILES string of the molecule is OB(O)c1c(Cl)ccc(O)c1Cl. The molecular weight excluding hydrogens is 202 g/mol. The van der Waals surface area contributed by atoms with Gasteiger partial charge in [-0.15, -0.1) is 0 Å². The summed E-state index contributed by atoms with van der Waals surface area (Å²) in [5.74, 6) is -0.232. The first-order chi connectivity index (χ1) is 5.54. The predicted molar refractivity (Wildman–Crippen MR) is 48.0 cm³/mol. The van der Waals surface area contributed by atoms with Gasteiger partial charge < -0.3 is 15.2 Å². The Morgan fingerprint density at radius 2 is 1.75 bits per heavy atom. The van der Waals surface area contributed by atoms with Crippen LogP contribution in [0.1, 0.15) is 0 Å². The van der Waals surface area contributed by atoms with Gasteiger partial charge in [0, 0.05) is 10.5 Å². The van der Waals surface area contributed by atoms with Gasteiger partial charge in [-0.25, -0.2) is 0 Å². The van der Waals surface area contributed by atoms with E-state index in [0.29, 0.717) is 0 Å². The van der Waals surface area contributed by atoms with Gasteiger partial charge in [0.25, 0.3) is 0 Å². The number of rotatable bonds is 1. The van der Waals surface area contributed by atoms with E-state index in [0.717, 1.165) is 0 Å². The Labute approximate surface area is 79.3 Å². The summed E-state index contributed by atoms with van der Waals surface area (Å²) in [5.41, 5.74) is -0.0849. The van der Waals surface area contributed by atoms with Gasteiger partial charge in [0.05, 0.1) is 5.02 Å². The second kappa shape index (κ2) is 3.54. The van der Waals surface area contributed by atoms with Crippen molar-refractivity contribution in [3.63, 3.8) is 0 Å². The quantitative estimate of drug-likeness (QED) is 0.583. The van der Waals surface area contributed by atoms with Crippen LogP contribution in [0, 0.1) is 0 Å². The lowest BCUT2D eigenvalue weighted by molar-refractivity contribution is 0.425. The van der Waals surface area contributed by atoms with Crippen molar-refractivity contribution in [2.45, 2.75) is 0 Å². The van der Waals surface area contributed by atoms with Crippen molar-refractivity contribution in [1.29, 1.82) is 0 Å². The van der Waals surface area contributed by atoms with Gasteiger partial charge in [-0.2, -0.15) is 0 Å². The van der Waals surface area contributed by atoms with Gasteiger partial charge in [-0.1, -0.05) is 23.2 Å². The molecule has 1 aromatic rings. The monoisotopic (exact) mass is 206 g/mol. The van der Waals surface area contributed by atoms with Crippen LogP contribution in [-0.2, 0) is 0 Å². The van der Waals surface area contributed by atoms with Crippen LogP contribution in [0.3, 0.4) is 0 Å². The van der Waals surface area contributed by atoms with Gasteiger partial charge in [0.2, 0.25) is 0 Å². The van der Waals surface area contributed by atoms with E-state index in [2.05, 4.69) is 0 Å². The van der Waals surface area contributed by atoms with Crippen molar-refractivity contribution in [1.82, 2.24) is 0 Å². The summed E-state index contributed by atoms with van der Waals surface area (Å²) >= 11 is 11.1. The Morgan fingerprint density at radius 1 is 1.17 bits per heavy atom. The summed E-state index contributed by atoms with van der Waals surface area (Å²) in [6, 6.07) is 2.61. The summed E-state index contributed by atoms with van der Waals surface area (Å²) in [5, 5.41) is 26.6. The summed E-state index contributed by atoms with van der Waals surface area (Å²) < 4.78 is 0. The largest absolute Gasteiger partial charge is 0.506 e. The van der Waals surface area contributed by atoms with Crippen molar-refractivity contribution < 1.29 is 15.2 Å². The molecule has 3 nitrogen and oxygen atoms in total. The van der Waals surface area contributed by atoms with E-state index in [1.807, 2.05) is 0 Å². The van der Waals surface area contributed by atoms with Crippen molar-refractivity contribution in [3.8, 4) is 5.75 Å². The molecule has 0 aliphatic heterocycles. The van der Waals surface area contributed by atoms with E-state index >= 15 is 0 Å². The van der Waals surface area contributed by atoms with Crippen LogP contribution in [0.5, 0.6) is 5.75 Å². The Kier molecular flexibility index (Phi) is 2.85. The van der Waals surface area contributed by atoms with Gasteiger partial charge in [0.1, 0.15) is 5.75 Å². The van der Waals surface area contributed by atoms with E-state index in [9.17, 15) is 0 Å². The van der Waals surface area contributed by atoms with Crippen LogP contribution in [0.25, 0.3) is 0 Å². The smallest absolute Gasteiger partial charge is 0.491 e. The zero-order chi connectivity index (χ0) is 9.30. The molecule has 0 aliphatic carbocycles. The lowest BCUT2D eigenvalue weighted by Crippen LogP contribution is -2.31. The second-order valence-electron chi connectivity index (χ2n) is 2.17. The van der Waals surface area contributed by atoms with Crippen molar-refractivity contribution in [2.75, 3.05) is 0 Å². The molecule has 12 heavy (non-hydrogen) atoms. The molecule has 64 valence electrons. The molecule has 0 aromatic heterocycles. The molecule has 0 aliphatic rings. The molecule has 0 unspecified atom stereocenters. The third-order valence-corrected chi connectivity index (χ3v) is 2.09. The molecule has 0 fully saturated rings. The highest BCUT2D eigenvalue weighted by atomic mass is 35.5. The maximum atomic E-state index is 9.06. The molecule has 1 rings (SSSR count). The Morgan fingerprint density at radius 3 is 2.17 bits per heavy atom. The highest BCUT2D eigenvalue weighted by Crippen LogP contribution is 2.24. The van der Waals surface area contributed by atoms with E-state index in [-0.39, 0.29) is 21.3 Å². The van der Waals surface area contributed by atoms with Gasteiger partial charge in [0.15, 0.2) is 0 Å². The fraction of sp³-hybridized carbons (Fsp3) is 0. The summed E-state index contributed by atoms with van der Waals surface area (Å²) in [6.45, 7) is 0. The van der Waals surface area contributed by atoms with E-state index in [1.54, 1.807) is 0 Å². The Hall–Kier alpha value is -0.415. The van der Waals surface area contributed by atoms with Gasteiger partial charge >= 0.3 is 7.12 Å². The maximum Gasteiger partial charge on any atom is 0.491 e. The van der Waals surface area contributed by atoms with Gasteiger partial charge in [-0.3, -0.25) is 0 Å². The highest BCUT2D eigenvalue weighted by Gasteiger charge is 2.21. The predicted octanol–water partition coefficient (Wildman–Crippen LogP) is 0.379. The average molecular weight is 207 g/mol. The average Bonchev–Trinajstić information content (AvgIpc) is 1.97. The normalized spacial score (nSPS) is 10.0. The minimum absolute atomic E-state index is 0.0849.